The molecule has 4 aliphatic carbocycles. The smallest absolute Gasteiger partial charge is 0.226 e. The lowest BCUT2D eigenvalue weighted by molar-refractivity contribution is -0.144. The highest BCUT2D eigenvalue weighted by Gasteiger charge is 2.59. The summed E-state index contributed by atoms with van der Waals surface area (Å²) in [6, 6.07) is 0. The monoisotopic (exact) mass is 327 g/mol. The lowest BCUT2D eigenvalue weighted by Crippen LogP contribution is -2.58. The Morgan fingerprint density at radius 1 is 1.21 bits per heavy atom. The lowest BCUT2D eigenvalue weighted by atomic mass is 9.49. The summed E-state index contributed by atoms with van der Waals surface area (Å²) in [4.78, 5) is 12.7. The largest absolute Gasteiger partial charge is 0.356 e. The molecule has 0 aromatic rings. The van der Waals surface area contributed by atoms with E-state index in [-0.39, 0.29) is 9.74 Å². The first kappa shape index (κ1) is 13.9. The normalized spacial score (nSPS) is 43.5. The molecule has 2 atom stereocenters. The molecule has 2 nitrogen and oxygen atoms in total. The Kier molecular flexibility index (Phi) is 3.70. The van der Waals surface area contributed by atoms with Gasteiger partial charge in [-0.05, 0) is 56.8 Å². The van der Waals surface area contributed by atoms with Crippen LogP contribution in [0.2, 0.25) is 0 Å². The van der Waals surface area contributed by atoms with Crippen LogP contribution in [0.5, 0.6) is 0 Å². The third-order valence-electron chi connectivity index (χ3n) is 5.54. The molecular formula is C16H26BrNO. The van der Waals surface area contributed by atoms with E-state index in [0.29, 0.717) is 5.91 Å². The summed E-state index contributed by atoms with van der Waals surface area (Å²) in [7, 11) is 0. The van der Waals surface area contributed by atoms with Crippen molar-refractivity contribution in [1.29, 1.82) is 0 Å². The third-order valence-corrected chi connectivity index (χ3v) is 6.47. The van der Waals surface area contributed by atoms with Gasteiger partial charge in [-0.3, -0.25) is 4.79 Å². The van der Waals surface area contributed by atoms with Crippen LogP contribution >= 0.6 is 15.9 Å². The molecule has 0 radical (unpaired) electrons. The van der Waals surface area contributed by atoms with Gasteiger partial charge in [0.2, 0.25) is 5.91 Å². The summed E-state index contributed by atoms with van der Waals surface area (Å²) in [5.41, 5.74) is -0.0280. The van der Waals surface area contributed by atoms with Crippen LogP contribution in [0.25, 0.3) is 0 Å². The number of carbonyl (C=O) groups excluding carboxylic acids is 1. The number of hydrogen-bond donors (Lipinski definition) is 1. The van der Waals surface area contributed by atoms with Crippen molar-refractivity contribution in [3.8, 4) is 0 Å². The number of carbonyl (C=O) groups is 1. The molecule has 4 rings (SSSR count). The molecular weight excluding hydrogens is 302 g/mol. The second-order valence-electron chi connectivity index (χ2n) is 7.36. The number of unbranched alkanes of at least 4 members (excludes halogenated alkanes) is 2. The van der Waals surface area contributed by atoms with E-state index in [4.69, 9.17) is 0 Å². The average Bonchev–Trinajstić information content (AvgIpc) is 2.31. The molecule has 0 saturated heterocycles. The molecule has 0 heterocycles. The molecule has 3 heteroatoms. The van der Waals surface area contributed by atoms with Gasteiger partial charge in [0.05, 0.1) is 5.41 Å². The van der Waals surface area contributed by atoms with Crippen molar-refractivity contribution >= 4 is 21.8 Å². The van der Waals surface area contributed by atoms with Crippen molar-refractivity contribution in [2.75, 3.05) is 6.54 Å². The van der Waals surface area contributed by atoms with E-state index in [9.17, 15) is 4.79 Å². The lowest BCUT2D eigenvalue weighted by Gasteiger charge is -2.59. The summed E-state index contributed by atoms with van der Waals surface area (Å²) >= 11 is 3.97. The van der Waals surface area contributed by atoms with Crippen LogP contribution in [-0.2, 0) is 4.79 Å². The van der Waals surface area contributed by atoms with Crippen LogP contribution in [-0.4, -0.2) is 16.8 Å². The zero-order chi connectivity index (χ0) is 13.5. The first-order valence-electron chi connectivity index (χ1n) is 8.02. The highest BCUT2D eigenvalue weighted by atomic mass is 79.9. The van der Waals surface area contributed by atoms with Crippen LogP contribution in [0.1, 0.15) is 64.7 Å². The summed E-state index contributed by atoms with van der Waals surface area (Å²) < 4.78 is 0.290. The Morgan fingerprint density at radius 2 is 1.89 bits per heavy atom. The first-order valence-corrected chi connectivity index (χ1v) is 8.82. The highest BCUT2D eigenvalue weighted by molar-refractivity contribution is 9.10. The summed E-state index contributed by atoms with van der Waals surface area (Å²) in [5.74, 6) is 1.95. The van der Waals surface area contributed by atoms with Gasteiger partial charge >= 0.3 is 0 Å². The van der Waals surface area contributed by atoms with Gasteiger partial charge in [0.25, 0.3) is 0 Å². The van der Waals surface area contributed by atoms with Crippen molar-refractivity contribution in [1.82, 2.24) is 5.32 Å². The third kappa shape index (κ3) is 2.59. The molecule has 1 N–H and O–H groups in total. The number of halogens is 1. The molecule has 4 saturated carbocycles. The van der Waals surface area contributed by atoms with Crippen LogP contribution in [0.15, 0.2) is 0 Å². The maximum absolute atomic E-state index is 12.7. The topological polar surface area (TPSA) is 29.1 Å². The zero-order valence-electron chi connectivity index (χ0n) is 12.0. The highest BCUT2D eigenvalue weighted by Crippen LogP contribution is 2.64. The fraction of sp³-hybridized carbons (Fsp3) is 0.938. The molecule has 4 fully saturated rings. The Balaban J connectivity index is 1.64. The molecule has 19 heavy (non-hydrogen) atoms. The predicted molar refractivity (Wildman–Crippen MR) is 81.3 cm³/mol. The molecule has 0 aromatic heterocycles. The summed E-state index contributed by atoms with van der Waals surface area (Å²) in [5, 5.41) is 3.23. The Morgan fingerprint density at radius 3 is 2.47 bits per heavy atom. The summed E-state index contributed by atoms with van der Waals surface area (Å²) in [6.07, 6.45) is 10.9. The van der Waals surface area contributed by atoms with Crippen molar-refractivity contribution in [2.24, 2.45) is 17.3 Å². The van der Waals surface area contributed by atoms with Gasteiger partial charge in [-0.25, -0.2) is 0 Å². The molecule has 0 aromatic carbocycles. The van der Waals surface area contributed by atoms with E-state index in [2.05, 4.69) is 28.2 Å². The van der Waals surface area contributed by atoms with E-state index < -0.39 is 0 Å². The minimum Gasteiger partial charge on any atom is -0.356 e. The van der Waals surface area contributed by atoms with E-state index in [0.717, 1.165) is 44.1 Å². The van der Waals surface area contributed by atoms with E-state index in [1.54, 1.807) is 0 Å². The van der Waals surface area contributed by atoms with Crippen LogP contribution in [0, 0.1) is 17.3 Å². The fourth-order valence-corrected chi connectivity index (χ4v) is 6.63. The molecule has 2 unspecified atom stereocenters. The van der Waals surface area contributed by atoms with Crippen LogP contribution in [0.4, 0.5) is 0 Å². The van der Waals surface area contributed by atoms with Gasteiger partial charge in [0.1, 0.15) is 0 Å². The van der Waals surface area contributed by atoms with Crippen molar-refractivity contribution in [3.63, 3.8) is 0 Å². The van der Waals surface area contributed by atoms with Crippen LogP contribution < -0.4 is 5.32 Å². The van der Waals surface area contributed by atoms with E-state index in [1.165, 1.54) is 32.1 Å². The Hall–Kier alpha value is -0.0500. The minimum atomic E-state index is -0.0280. The standard InChI is InChI=1S/C16H26BrNO/c1-2-3-4-5-18-14(19)15-7-12-6-13(8-15)10-16(17,9-12)11-15/h12-13H,2-11H2,1H3,(H,18,19). The fourth-order valence-electron chi connectivity index (χ4n) is 5.18. The average molecular weight is 328 g/mol. The molecule has 4 aliphatic rings. The molecule has 0 aliphatic heterocycles. The van der Waals surface area contributed by atoms with Gasteiger partial charge in [0, 0.05) is 10.9 Å². The SMILES string of the molecule is CCCCCNC(=O)C12CC3CC(CC(Br)(C3)C1)C2. The van der Waals surface area contributed by atoms with Gasteiger partial charge in [-0.1, -0.05) is 35.7 Å². The van der Waals surface area contributed by atoms with E-state index in [1.807, 2.05) is 0 Å². The molecule has 1 amide bonds. The molecule has 0 spiro atoms. The van der Waals surface area contributed by atoms with Crippen molar-refractivity contribution in [2.45, 2.75) is 69.0 Å². The maximum atomic E-state index is 12.7. The number of rotatable bonds is 5. The van der Waals surface area contributed by atoms with Gasteiger partial charge in [-0.2, -0.15) is 0 Å². The Labute approximate surface area is 125 Å². The molecule has 108 valence electrons. The van der Waals surface area contributed by atoms with Crippen molar-refractivity contribution in [3.05, 3.63) is 0 Å². The number of hydrogen-bond acceptors (Lipinski definition) is 1. The van der Waals surface area contributed by atoms with Gasteiger partial charge in [-0.15, -0.1) is 0 Å². The number of amides is 1. The zero-order valence-corrected chi connectivity index (χ0v) is 13.6. The second kappa shape index (κ2) is 5.05. The minimum absolute atomic E-state index is 0.0280. The quantitative estimate of drug-likeness (QED) is 0.599. The number of nitrogens with one attached hydrogen (secondary N) is 1. The first-order chi connectivity index (χ1) is 9.05. The Bertz CT molecular complexity index is 354. The maximum Gasteiger partial charge on any atom is 0.226 e. The summed E-state index contributed by atoms with van der Waals surface area (Å²) in [6.45, 7) is 3.08. The van der Waals surface area contributed by atoms with Crippen molar-refractivity contribution < 1.29 is 4.79 Å². The van der Waals surface area contributed by atoms with Gasteiger partial charge in [0.15, 0.2) is 0 Å². The number of alkyl halides is 1. The van der Waals surface area contributed by atoms with Gasteiger partial charge < -0.3 is 5.32 Å². The predicted octanol–water partition coefficient (Wildman–Crippen LogP) is 4.03. The second-order valence-corrected chi connectivity index (χ2v) is 9.04. The molecule has 4 bridgehead atoms. The van der Waals surface area contributed by atoms with Crippen LogP contribution in [0.3, 0.4) is 0 Å². The van der Waals surface area contributed by atoms with E-state index >= 15 is 0 Å².